The van der Waals surface area contributed by atoms with Crippen LogP contribution in [0, 0.1) is 11.6 Å². The van der Waals surface area contributed by atoms with Crippen molar-refractivity contribution in [3.8, 4) is 11.5 Å². The average Bonchev–Trinajstić information content (AvgIpc) is 2.70. The first-order valence-corrected chi connectivity index (χ1v) is 10.2. The monoisotopic (exact) mass is 467 g/mol. The molecule has 2 aromatic carbocycles. The number of hydrogen-bond donors (Lipinski definition) is 4. The van der Waals surface area contributed by atoms with Gasteiger partial charge in [0.15, 0.2) is 23.3 Å². The third kappa shape index (κ3) is 6.25. The molecule has 0 aliphatic carbocycles. The minimum absolute atomic E-state index is 0.0192. The molecule has 3 amide bonds. The third-order valence-electron chi connectivity index (χ3n) is 3.78. The maximum absolute atomic E-state index is 14.4. The van der Waals surface area contributed by atoms with Crippen molar-refractivity contribution >= 4 is 34.0 Å². The van der Waals surface area contributed by atoms with E-state index >= 15 is 0 Å². The van der Waals surface area contributed by atoms with Crippen LogP contribution in [0.5, 0.6) is 11.5 Å². The number of urea groups is 1. The predicted molar refractivity (Wildman–Crippen MR) is 112 cm³/mol. The van der Waals surface area contributed by atoms with Crippen LogP contribution in [0.1, 0.15) is 12.5 Å². The first-order valence-electron chi connectivity index (χ1n) is 8.76. The summed E-state index contributed by atoms with van der Waals surface area (Å²) in [4.78, 5) is 26.0. The number of nitrogens with zero attached hydrogens (tertiary/aromatic N) is 1. The highest BCUT2D eigenvalue weighted by Gasteiger charge is 2.18. The molecule has 6 N–H and O–H groups in total. The second-order valence-corrected chi connectivity index (χ2v) is 7.92. The van der Waals surface area contributed by atoms with E-state index in [9.17, 15) is 26.8 Å². The quantitative estimate of drug-likeness (QED) is 0.284. The number of aliphatic imine (C=N–C) groups is 1. The van der Waals surface area contributed by atoms with E-state index in [0.717, 1.165) is 36.4 Å². The highest BCUT2D eigenvalue weighted by atomic mass is 32.2. The third-order valence-corrected chi connectivity index (χ3v) is 5.13. The van der Waals surface area contributed by atoms with Gasteiger partial charge in [-0.2, -0.15) is 4.99 Å². The summed E-state index contributed by atoms with van der Waals surface area (Å²) in [7, 11) is -2.89. The molecular weight excluding hydrogens is 448 g/mol. The Bertz CT molecular complexity index is 1180. The van der Waals surface area contributed by atoms with Gasteiger partial charge >= 0.3 is 6.03 Å². The summed E-state index contributed by atoms with van der Waals surface area (Å²) in [5.41, 5.74) is 10.3. The number of halogens is 2. The molecule has 10 nitrogen and oxygen atoms in total. The number of guanidine groups is 1. The highest BCUT2D eigenvalue weighted by molar-refractivity contribution is 7.90. The number of carbonyl (C=O) groups excluding carboxylic acids is 2. The number of carbonyl (C=O) groups is 2. The topological polar surface area (TPSA) is 166 Å². The normalized spacial score (nSPS) is 11.4. The van der Waals surface area contributed by atoms with Gasteiger partial charge in [0, 0.05) is 12.6 Å². The van der Waals surface area contributed by atoms with Crippen LogP contribution in [0.15, 0.2) is 51.9 Å². The number of sulfonamides is 1. The number of rotatable bonds is 6. The van der Waals surface area contributed by atoms with Crippen LogP contribution in [-0.2, 0) is 14.8 Å². The lowest BCUT2D eigenvalue weighted by atomic mass is 10.1. The number of ether oxygens (including phenoxy) is 1. The Kier molecular flexibility index (Phi) is 7.49. The second kappa shape index (κ2) is 9.87. The van der Waals surface area contributed by atoms with Crippen LogP contribution in [0.25, 0.3) is 6.08 Å². The molecule has 0 saturated carbocycles. The molecule has 0 saturated heterocycles. The zero-order valence-electron chi connectivity index (χ0n) is 16.8. The zero-order valence-corrected chi connectivity index (χ0v) is 17.7. The summed E-state index contributed by atoms with van der Waals surface area (Å²) in [5, 5.41) is 2.10. The molecule has 32 heavy (non-hydrogen) atoms. The molecule has 0 atom stereocenters. The molecule has 0 radical (unpaired) electrons. The maximum atomic E-state index is 14.4. The Morgan fingerprint density at radius 1 is 1.09 bits per heavy atom. The van der Waals surface area contributed by atoms with Crippen molar-refractivity contribution in [3.05, 3.63) is 59.2 Å². The fraction of sp³-hybridized carbons (Fsp3) is 0.105. The zero-order chi connectivity index (χ0) is 24.1. The Morgan fingerprint density at radius 2 is 1.66 bits per heavy atom. The largest absolute Gasteiger partial charge is 0.451 e. The van der Waals surface area contributed by atoms with Gasteiger partial charge in [-0.3, -0.25) is 4.79 Å². The molecule has 0 aliphatic rings. The van der Waals surface area contributed by atoms with Crippen LogP contribution < -0.4 is 26.2 Å². The molecule has 2 rings (SSSR count). The molecule has 0 aliphatic heterocycles. The standard InChI is InChI=1S/C19H19F2N5O5S/c1-10(17(27)25-18(22)23)7-11-8-14(20)16(15(21)9-11)31-12-3-5-13(6-4-12)32(29,30)26-19(28)24-2/h3-9H,1-2H3,(H2,24,26,28)(H4,22,23,25,27)/b10-7+. The summed E-state index contributed by atoms with van der Waals surface area (Å²) in [5.74, 6) is -4.18. The van der Waals surface area contributed by atoms with Crippen LogP contribution in [0.3, 0.4) is 0 Å². The van der Waals surface area contributed by atoms with Crippen LogP contribution in [0.2, 0.25) is 0 Å². The van der Waals surface area contributed by atoms with Crippen LogP contribution in [-0.4, -0.2) is 33.4 Å². The number of nitrogens with one attached hydrogen (secondary N) is 2. The Balaban J connectivity index is 2.25. The molecule has 0 unspecified atom stereocenters. The minimum atomic E-state index is -4.13. The van der Waals surface area contributed by atoms with E-state index in [1.165, 1.54) is 20.0 Å². The van der Waals surface area contributed by atoms with Crippen molar-refractivity contribution in [2.75, 3.05) is 7.05 Å². The van der Waals surface area contributed by atoms with Crippen molar-refractivity contribution < 1.29 is 31.5 Å². The lowest BCUT2D eigenvalue weighted by Crippen LogP contribution is -2.37. The number of amides is 3. The Morgan fingerprint density at radius 3 is 2.16 bits per heavy atom. The van der Waals surface area contributed by atoms with E-state index in [2.05, 4.69) is 10.3 Å². The van der Waals surface area contributed by atoms with Gasteiger partial charge in [-0.15, -0.1) is 0 Å². The van der Waals surface area contributed by atoms with Crippen LogP contribution >= 0.6 is 0 Å². The fourth-order valence-electron chi connectivity index (χ4n) is 2.31. The van der Waals surface area contributed by atoms with Gasteiger partial charge < -0.3 is 21.5 Å². The smallest absolute Gasteiger partial charge is 0.328 e. The van der Waals surface area contributed by atoms with Crippen molar-refractivity contribution in [2.24, 2.45) is 16.5 Å². The van der Waals surface area contributed by atoms with Crippen LogP contribution in [0.4, 0.5) is 13.6 Å². The Labute approximate surface area is 182 Å². The van der Waals surface area contributed by atoms with E-state index < -0.39 is 45.3 Å². The molecular formula is C19H19F2N5O5S. The van der Waals surface area contributed by atoms with E-state index in [1.54, 1.807) is 4.72 Å². The summed E-state index contributed by atoms with van der Waals surface area (Å²) < 4.78 is 59.8. The summed E-state index contributed by atoms with van der Waals surface area (Å²) in [6.45, 7) is 1.36. The summed E-state index contributed by atoms with van der Waals surface area (Å²) in [6, 6.07) is 5.41. The number of benzene rings is 2. The minimum Gasteiger partial charge on any atom is -0.451 e. The average molecular weight is 467 g/mol. The number of nitrogens with two attached hydrogens (primary N) is 2. The highest BCUT2D eigenvalue weighted by Crippen LogP contribution is 2.30. The lowest BCUT2D eigenvalue weighted by Gasteiger charge is -2.10. The first kappa shape index (κ1) is 24.3. The van der Waals surface area contributed by atoms with Gasteiger partial charge in [0.05, 0.1) is 4.90 Å². The van der Waals surface area contributed by atoms with Crippen molar-refractivity contribution in [3.63, 3.8) is 0 Å². The molecule has 0 bridgehead atoms. The van der Waals surface area contributed by atoms with Gasteiger partial charge in [0.25, 0.3) is 15.9 Å². The fourth-order valence-corrected chi connectivity index (χ4v) is 3.27. The van der Waals surface area contributed by atoms with E-state index in [1.807, 2.05) is 0 Å². The van der Waals surface area contributed by atoms with Gasteiger partial charge in [-0.1, -0.05) is 0 Å². The summed E-state index contributed by atoms with van der Waals surface area (Å²) in [6.07, 6.45) is 1.18. The molecule has 0 spiro atoms. The molecule has 2 aromatic rings. The SMILES string of the molecule is CNC(=O)NS(=O)(=O)c1ccc(Oc2c(F)cc(/C=C(\C)C(=O)N=C(N)N)cc2F)cc1. The summed E-state index contributed by atoms with van der Waals surface area (Å²) >= 11 is 0. The van der Waals surface area contributed by atoms with E-state index in [0.29, 0.717) is 0 Å². The van der Waals surface area contributed by atoms with Crippen molar-refractivity contribution in [2.45, 2.75) is 11.8 Å². The van der Waals surface area contributed by atoms with Gasteiger partial charge in [0.2, 0.25) is 0 Å². The van der Waals surface area contributed by atoms with Gasteiger partial charge in [-0.05, 0) is 55.0 Å². The maximum Gasteiger partial charge on any atom is 0.328 e. The predicted octanol–water partition coefficient (Wildman–Crippen LogP) is 1.58. The number of hydrogen-bond acceptors (Lipinski definition) is 5. The first-order chi connectivity index (χ1) is 14.9. The molecule has 0 aromatic heterocycles. The molecule has 0 fully saturated rings. The van der Waals surface area contributed by atoms with Crippen molar-refractivity contribution in [1.82, 2.24) is 10.0 Å². The molecule has 13 heteroatoms. The molecule has 0 heterocycles. The van der Waals surface area contributed by atoms with E-state index in [-0.39, 0.29) is 21.8 Å². The van der Waals surface area contributed by atoms with Gasteiger partial charge in [-0.25, -0.2) is 26.7 Å². The van der Waals surface area contributed by atoms with Crippen molar-refractivity contribution in [1.29, 1.82) is 0 Å². The molecule has 170 valence electrons. The Hall–Kier alpha value is -4.00. The lowest BCUT2D eigenvalue weighted by molar-refractivity contribution is -0.114. The second-order valence-electron chi connectivity index (χ2n) is 6.24. The van der Waals surface area contributed by atoms with Gasteiger partial charge in [0.1, 0.15) is 5.75 Å². The van der Waals surface area contributed by atoms with E-state index in [4.69, 9.17) is 16.2 Å².